The van der Waals surface area contributed by atoms with Gasteiger partial charge in [-0.05, 0) is 97.7 Å². The second kappa shape index (κ2) is 12.0. The topological polar surface area (TPSA) is 94.8 Å². The third kappa shape index (κ3) is 6.90. The zero-order valence-corrected chi connectivity index (χ0v) is 22.3. The van der Waals surface area contributed by atoms with E-state index < -0.39 is 10.4 Å². The Morgan fingerprint density at radius 2 is 1.65 bits per heavy atom. The third-order valence-electron chi connectivity index (χ3n) is 10.3. The van der Waals surface area contributed by atoms with Crippen LogP contribution in [-0.4, -0.2) is 58.3 Å². The van der Waals surface area contributed by atoms with Crippen LogP contribution in [0.15, 0.2) is 11.6 Å². The first-order valence-corrected chi connectivity index (χ1v) is 14.7. The molecule has 0 unspecified atom stereocenters. The average molecular weight is 509 g/mol. The molecule has 4 rings (SSSR count). The molecule has 0 bridgehead atoms. The van der Waals surface area contributed by atoms with Crippen LogP contribution in [0.25, 0.3) is 0 Å². The standard InChI is InChI=1S/C27H46O.Na.H2O4S.H/c1-18(2)7-6-8-19(3)23-11-12-24-22-10-9-20-17-21(28)13-15-26(20,4)25(22)14-16-27(23,24)5;;1-5(2,3)4;/h9,18-19,21-25,28H,6-8,10-17H2,1-5H3;;(H2,1,2,3,4);/t19-,21+,22+,23-,24+,25+,26+,27-;;;/m1.../s1. The van der Waals surface area contributed by atoms with Crippen molar-refractivity contribution in [3.8, 4) is 0 Å². The van der Waals surface area contributed by atoms with Crippen LogP contribution in [-0.2, 0) is 10.4 Å². The molecule has 0 aliphatic heterocycles. The van der Waals surface area contributed by atoms with Gasteiger partial charge < -0.3 is 5.11 Å². The van der Waals surface area contributed by atoms with E-state index in [0.717, 1.165) is 48.3 Å². The molecule has 0 saturated heterocycles. The van der Waals surface area contributed by atoms with Crippen LogP contribution in [0.5, 0.6) is 0 Å². The summed E-state index contributed by atoms with van der Waals surface area (Å²) in [5.74, 6) is 5.46. The molecule has 0 aromatic heterocycles. The number of aliphatic hydroxyl groups excluding tert-OH is 1. The summed E-state index contributed by atoms with van der Waals surface area (Å²) in [5.41, 5.74) is 2.60. The van der Waals surface area contributed by atoms with E-state index in [4.69, 9.17) is 17.5 Å². The van der Waals surface area contributed by atoms with Crippen LogP contribution in [0.1, 0.15) is 105 Å². The Balaban J connectivity index is 0.000000619. The Bertz CT molecular complexity index is 804. The van der Waals surface area contributed by atoms with E-state index in [1.54, 1.807) is 5.57 Å². The van der Waals surface area contributed by atoms with Crippen molar-refractivity contribution in [1.82, 2.24) is 0 Å². The summed E-state index contributed by atoms with van der Waals surface area (Å²) < 4.78 is 31.6. The molecule has 3 N–H and O–H groups in total. The monoisotopic (exact) mass is 508 g/mol. The van der Waals surface area contributed by atoms with Gasteiger partial charge in [0.2, 0.25) is 0 Å². The molecule has 0 heterocycles. The van der Waals surface area contributed by atoms with Crippen LogP contribution in [0.4, 0.5) is 0 Å². The number of aliphatic hydroxyl groups is 1. The predicted molar refractivity (Wildman–Crippen MR) is 140 cm³/mol. The molecule has 194 valence electrons. The van der Waals surface area contributed by atoms with Crippen molar-refractivity contribution in [3.63, 3.8) is 0 Å². The van der Waals surface area contributed by atoms with Crippen LogP contribution in [0.2, 0.25) is 0 Å². The van der Waals surface area contributed by atoms with Gasteiger partial charge in [-0.1, -0.05) is 65.5 Å². The zero-order valence-electron chi connectivity index (χ0n) is 21.5. The van der Waals surface area contributed by atoms with E-state index in [2.05, 4.69) is 40.7 Å². The van der Waals surface area contributed by atoms with Crippen molar-refractivity contribution in [1.29, 1.82) is 0 Å². The second-order valence-corrected chi connectivity index (χ2v) is 13.5. The van der Waals surface area contributed by atoms with E-state index >= 15 is 0 Å². The van der Waals surface area contributed by atoms with Gasteiger partial charge >= 0.3 is 40.0 Å². The molecule has 0 aromatic carbocycles. The van der Waals surface area contributed by atoms with Gasteiger partial charge in [-0.15, -0.1) is 0 Å². The number of hydrogen-bond donors (Lipinski definition) is 3. The Morgan fingerprint density at radius 1 is 1.00 bits per heavy atom. The maximum absolute atomic E-state index is 10.2. The van der Waals surface area contributed by atoms with Crippen molar-refractivity contribution < 1.29 is 22.6 Å². The van der Waals surface area contributed by atoms with Gasteiger partial charge in [0.05, 0.1) is 6.10 Å². The van der Waals surface area contributed by atoms with E-state index in [1.165, 1.54) is 57.8 Å². The molecule has 4 aliphatic rings. The Kier molecular flexibility index (Phi) is 10.8. The van der Waals surface area contributed by atoms with Crippen molar-refractivity contribution in [3.05, 3.63) is 11.6 Å². The molecule has 3 fully saturated rings. The number of rotatable bonds is 5. The fourth-order valence-electron chi connectivity index (χ4n) is 8.67. The quantitative estimate of drug-likeness (QED) is 0.237. The van der Waals surface area contributed by atoms with E-state index in [0.29, 0.717) is 10.8 Å². The molecule has 7 heteroatoms. The van der Waals surface area contributed by atoms with Crippen molar-refractivity contribution in [2.24, 2.45) is 46.3 Å². The summed E-state index contributed by atoms with van der Waals surface area (Å²) in [6.45, 7) is 12.6. The Hall–Kier alpha value is 0.570. The van der Waals surface area contributed by atoms with Gasteiger partial charge in [-0.3, -0.25) is 9.11 Å². The molecule has 0 radical (unpaired) electrons. The number of allylic oxidation sites excluding steroid dienone is 1. The normalized spacial score (nSPS) is 40.0. The molecule has 0 amide bonds. The summed E-state index contributed by atoms with van der Waals surface area (Å²) in [5, 5.41) is 10.2. The van der Waals surface area contributed by atoms with Crippen LogP contribution in [0.3, 0.4) is 0 Å². The maximum atomic E-state index is 10.2. The summed E-state index contributed by atoms with van der Waals surface area (Å²) in [4.78, 5) is 0. The van der Waals surface area contributed by atoms with Gasteiger partial charge in [0.1, 0.15) is 0 Å². The van der Waals surface area contributed by atoms with E-state index in [1.807, 2.05) is 0 Å². The van der Waals surface area contributed by atoms with Crippen molar-refractivity contribution in [2.45, 2.75) is 111 Å². The molecule has 0 aromatic rings. The SMILES string of the molecule is CC(C)CCC[C@@H](C)[C@H]1CC[C@H]2[C@@H]3CC=C4C[C@@H](O)CC[C@]4(C)[C@H]3CC[C@]12C.O=S(=O)(O)O.[NaH]. The van der Waals surface area contributed by atoms with Gasteiger partial charge in [0.25, 0.3) is 0 Å². The molecule has 8 atom stereocenters. The van der Waals surface area contributed by atoms with Crippen LogP contribution in [0, 0.1) is 46.3 Å². The molecule has 0 spiro atoms. The summed E-state index contributed by atoms with van der Waals surface area (Å²) in [6.07, 6.45) is 17.2. The summed E-state index contributed by atoms with van der Waals surface area (Å²) in [7, 11) is -4.67. The Labute approximate surface area is 230 Å². The molecule has 3 saturated carbocycles. The van der Waals surface area contributed by atoms with Gasteiger partial charge in [0.15, 0.2) is 0 Å². The molecule has 4 aliphatic carbocycles. The number of fused-ring (bicyclic) bond motifs is 5. The van der Waals surface area contributed by atoms with Gasteiger partial charge in [-0.2, -0.15) is 8.42 Å². The predicted octanol–water partition coefficient (Wildman–Crippen LogP) is 6.09. The molecular formula is C27H49NaO5S. The van der Waals surface area contributed by atoms with Crippen molar-refractivity contribution >= 4 is 40.0 Å². The fraction of sp³-hybridized carbons (Fsp3) is 0.926. The third-order valence-corrected chi connectivity index (χ3v) is 10.3. The first-order valence-electron chi connectivity index (χ1n) is 13.3. The Morgan fingerprint density at radius 3 is 2.26 bits per heavy atom. The minimum absolute atomic E-state index is 0. The van der Waals surface area contributed by atoms with E-state index in [9.17, 15) is 5.11 Å². The minimum atomic E-state index is -4.67. The number of hydrogen-bond acceptors (Lipinski definition) is 3. The second-order valence-electron chi connectivity index (χ2n) is 12.6. The summed E-state index contributed by atoms with van der Waals surface area (Å²) in [6, 6.07) is 0. The van der Waals surface area contributed by atoms with Crippen LogP contribution < -0.4 is 0 Å². The summed E-state index contributed by atoms with van der Waals surface area (Å²) >= 11 is 0. The van der Waals surface area contributed by atoms with Crippen LogP contribution >= 0.6 is 0 Å². The fourth-order valence-corrected chi connectivity index (χ4v) is 8.67. The first kappa shape index (κ1) is 30.8. The van der Waals surface area contributed by atoms with Gasteiger partial charge in [0, 0.05) is 0 Å². The van der Waals surface area contributed by atoms with Crippen molar-refractivity contribution in [2.75, 3.05) is 0 Å². The molecule has 34 heavy (non-hydrogen) atoms. The molecule has 5 nitrogen and oxygen atoms in total. The van der Waals surface area contributed by atoms with E-state index in [-0.39, 0.29) is 35.7 Å². The zero-order chi connectivity index (χ0) is 24.6. The first-order chi connectivity index (χ1) is 15.3. The molecular weight excluding hydrogens is 459 g/mol. The van der Waals surface area contributed by atoms with Gasteiger partial charge in [-0.25, -0.2) is 0 Å². The average Bonchev–Trinajstić information content (AvgIpc) is 3.04.